The quantitative estimate of drug-likeness (QED) is 0.743. The van der Waals surface area contributed by atoms with E-state index in [2.05, 4.69) is 19.2 Å². The van der Waals surface area contributed by atoms with Crippen molar-refractivity contribution < 1.29 is 5.11 Å². The number of phenols is 1. The van der Waals surface area contributed by atoms with Crippen molar-refractivity contribution in [1.82, 2.24) is 5.32 Å². The second-order valence-electron chi connectivity index (χ2n) is 3.32. The van der Waals surface area contributed by atoms with Crippen molar-refractivity contribution >= 4 is 0 Å². The molecule has 0 aromatic heterocycles. The lowest BCUT2D eigenvalue weighted by Crippen LogP contribution is -2.24. The molecule has 2 N–H and O–H groups in total. The summed E-state index contributed by atoms with van der Waals surface area (Å²) in [5, 5.41) is 12.8. The van der Waals surface area contributed by atoms with Crippen LogP contribution in [-0.2, 0) is 6.54 Å². The summed E-state index contributed by atoms with van der Waals surface area (Å²) in [6.07, 6.45) is 1.10. The molecule has 1 rings (SSSR count). The van der Waals surface area contributed by atoms with Gasteiger partial charge in [0.05, 0.1) is 0 Å². The number of aromatic hydroxyl groups is 1. The van der Waals surface area contributed by atoms with Crippen LogP contribution < -0.4 is 5.32 Å². The van der Waals surface area contributed by atoms with Crippen LogP contribution >= 0.6 is 0 Å². The molecule has 2 heteroatoms. The smallest absolute Gasteiger partial charge is 0.120 e. The third-order valence-electron chi connectivity index (χ3n) is 2.24. The Morgan fingerprint density at radius 2 is 2.08 bits per heavy atom. The van der Waals surface area contributed by atoms with E-state index in [1.807, 2.05) is 18.2 Å². The zero-order valence-electron chi connectivity index (χ0n) is 8.25. The number of nitrogens with one attached hydrogen (secondary N) is 1. The minimum Gasteiger partial charge on any atom is -0.508 e. The molecule has 0 bridgehead atoms. The Kier molecular flexibility index (Phi) is 3.77. The van der Waals surface area contributed by atoms with Gasteiger partial charge in [-0.25, -0.2) is 0 Å². The van der Waals surface area contributed by atoms with E-state index >= 15 is 0 Å². The van der Waals surface area contributed by atoms with E-state index in [4.69, 9.17) is 0 Å². The lowest BCUT2D eigenvalue weighted by atomic mass is 10.2. The summed E-state index contributed by atoms with van der Waals surface area (Å²) < 4.78 is 0. The third-order valence-corrected chi connectivity index (χ3v) is 2.24. The normalized spacial score (nSPS) is 12.8. The highest BCUT2D eigenvalue weighted by molar-refractivity contribution is 5.31. The van der Waals surface area contributed by atoms with Crippen LogP contribution in [0, 0.1) is 0 Å². The number of para-hydroxylation sites is 1. The molecule has 2 nitrogen and oxygen atoms in total. The monoisotopic (exact) mass is 179 g/mol. The molecule has 72 valence electrons. The summed E-state index contributed by atoms with van der Waals surface area (Å²) in [5.74, 6) is 0.373. The number of rotatable bonds is 4. The topological polar surface area (TPSA) is 32.3 Å². The number of phenolic OH excluding ortho intramolecular Hbond substituents is 1. The lowest BCUT2D eigenvalue weighted by Gasteiger charge is -2.11. The van der Waals surface area contributed by atoms with Crippen LogP contribution in [0.2, 0.25) is 0 Å². The fourth-order valence-electron chi connectivity index (χ4n) is 1.09. The molecule has 0 heterocycles. The van der Waals surface area contributed by atoms with Crippen LogP contribution in [0.1, 0.15) is 25.8 Å². The molecule has 1 aromatic rings. The van der Waals surface area contributed by atoms with E-state index in [-0.39, 0.29) is 0 Å². The van der Waals surface area contributed by atoms with Gasteiger partial charge < -0.3 is 10.4 Å². The molecule has 0 aliphatic heterocycles. The molecule has 0 spiro atoms. The minimum atomic E-state index is 0.373. The van der Waals surface area contributed by atoms with Gasteiger partial charge in [-0.2, -0.15) is 0 Å². The first-order chi connectivity index (χ1) is 6.24. The zero-order valence-corrected chi connectivity index (χ0v) is 8.25. The second-order valence-corrected chi connectivity index (χ2v) is 3.32. The Hall–Kier alpha value is -1.02. The number of hydrogen-bond acceptors (Lipinski definition) is 2. The maximum absolute atomic E-state index is 9.46. The average molecular weight is 179 g/mol. The first-order valence-electron chi connectivity index (χ1n) is 4.74. The van der Waals surface area contributed by atoms with Gasteiger partial charge in [-0.15, -0.1) is 0 Å². The van der Waals surface area contributed by atoms with Gasteiger partial charge in [-0.05, 0) is 19.4 Å². The molecule has 0 saturated carbocycles. The van der Waals surface area contributed by atoms with Crippen molar-refractivity contribution in [3.8, 4) is 5.75 Å². The van der Waals surface area contributed by atoms with Gasteiger partial charge in [0.25, 0.3) is 0 Å². The highest BCUT2D eigenvalue weighted by atomic mass is 16.3. The highest BCUT2D eigenvalue weighted by Gasteiger charge is 2.01. The Labute approximate surface area is 79.6 Å². The SMILES string of the molecule is CCC(C)NCc1ccccc1O. The zero-order chi connectivity index (χ0) is 9.68. The molecular weight excluding hydrogens is 162 g/mol. The van der Waals surface area contributed by atoms with Gasteiger partial charge in [0.2, 0.25) is 0 Å². The Morgan fingerprint density at radius 1 is 1.38 bits per heavy atom. The molecule has 0 radical (unpaired) electrons. The predicted molar refractivity (Wildman–Crippen MR) is 54.7 cm³/mol. The van der Waals surface area contributed by atoms with Gasteiger partial charge in [0.15, 0.2) is 0 Å². The molecule has 1 aromatic carbocycles. The van der Waals surface area contributed by atoms with Crippen molar-refractivity contribution in [3.05, 3.63) is 29.8 Å². The fraction of sp³-hybridized carbons (Fsp3) is 0.455. The van der Waals surface area contributed by atoms with Gasteiger partial charge in [0.1, 0.15) is 5.75 Å². The summed E-state index contributed by atoms with van der Waals surface area (Å²) in [6, 6.07) is 7.92. The molecule has 0 aliphatic carbocycles. The van der Waals surface area contributed by atoms with Crippen molar-refractivity contribution in [2.75, 3.05) is 0 Å². The lowest BCUT2D eigenvalue weighted by molar-refractivity contribution is 0.457. The van der Waals surface area contributed by atoms with E-state index < -0.39 is 0 Å². The molecule has 0 fully saturated rings. The molecule has 1 atom stereocenters. The fourth-order valence-corrected chi connectivity index (χ4v) is 1.09. The highest BCUT2D eigenvalue weighted by Crippen LogP contribution is 2.15. The van der Waals surface area contributed by atoms with Crippen LogP contribution in [0.25, 0.3) is 0 Å². The molecule has 0 amide bonds. The Bertz CT molecular complexity index is 260. The van der Waals surface area contributed by atoms with Crippen molar-refractivity contribution in [3.63, 3.8) is 0 Å². The Morgan fingerprint density at radius 3 is 2.69 bits per heavy atom. The van der Waals surface area contributed by atoms with Gasteiger partial charge in [0, 0.05) is 18.2 Å². The van der Waals surface area contributed by atoms with Crippen LogP contribution in [0.4, 0.5) is 0 Å². The molecule has 0 aliphatic rings. The van der Waals surface area contributed by atoms with E-state index in [1.54, 1.807) is 6.07 Å². The first kappa shape index (κ1) is 10.1. The predicted octanol–water partition coefficient (Wildman–Crippen LogP) is 2.28. The molecule has 1 unspecified atom stereocenters. The van der Waals surface area contributed by atoms with E-state index in [0.29, 0.717) is 11.8 Å². The van der Waals surface area contributed by atoms with Crippen LogP contribution in [-0.4, -0.2) is 11.1 Å². The van der Waals surface area contributed by atoms with E-state index in [1.165, 1.54) is 0 Å². The number of benzene rings is 1. The average Bonchev–Trinajstić information content (AvgIpc) is 2.16. The summed E-state index contributed by atoms with van der Waals surface area (Å²) in [7, 11) is 0. The largest absolute Gasteiger partial charge is 0.508 e. The van der Waals surface area contributed by atoms with E-state index in [0.717, 1.165) is 18.5 Å². The molecule has 0 saturated heterocycles. The summed E-state index contributed by atoms with van der Waals surface area (Å²) in [6.45, 7) is 5.02. The van der Waals surface area contributed by atoms with Crippen LogP contribution in [0.3, 0.4) is 0 Å². The summed E-state index contributed by atoms with van der Waals surface area (Å²) >= 11 is 0. The van der Waals surface area contributed by atoms with Gasteiger partial charge in [-0.1, -0.05) is 25.1 Å². The standard InChI is InChI=1S/C11H17NO/c1-3-9(2)12-8-10-6-4-5-7-11(10)13/h4-7,9,12-13H,3,8H2,1-2H3. The van der Waals surface area contributed by atoms with Crippen molar-refractivity contribution in [2.24, 2.45) is 0 Å². The van der Waals surface area contributed by atoms with Gasteiger partial charge >= 0.3 is 0 Å². The van der Waals surface area contributed by atoms with Crippen LogP contribution in [0.5, 0.6) is 5.75 Å². The van der Waals surface area contributed by atoms with Gasteiger partial charge in [-0.3, -0.25) is 0 Å². The maximum atomic E-state index is 9.46. The Balaban J connectivity index is 2.50. The maximum Gasteiger partial charge on any atom is 0.120 e. The summed E-state index contributed by atoms with van der Waals surface area (Å²) in [4.78, 5) is 0. The first-order valence-corrected chi connectivity index (χ1v) is 4.74. The van der Waals surface area contributed by atoms with Crippen molar-refractivity contribution in [1.29, 1.82) is 0 Å². The molecule has 13 heavy (non-hydrogen) atoms. The summed E-state index contributed by atoms with van der Waals surface area (Å²) in [5.41, 5.74) is 0.961. The molecular formula is C11H17NO. The third kappa shape index (κ3) is 3.07. The minimum absolute atomic E-state index is 0.373. The van der Waals surface area contributed by atoms with E-state index in [9.17, 15) is 5.11 Å². The number of hydrogen-bond donors (Lipinski definition) is 2. The van der Waals surface area contributed by atoms with Crippen LogP contribution in [0.15, 0.2) is 24.3 Å². The van der Waals surface area contributed by atoms with Crippen molar-refractivity contribution in [2.45, 2.75) is 32.9 Å². The second kappa shape index (κ2) is 4.87.